The minimum atomic E-state index is -0.584. The smallest absolute Gasteiger partial charge is 0.348 e. The van der Waals surface area contributed by atoms with Crippen LogP contribution < -0.4 is 5.32 Å². The van der Waals surface area contributed by atoms with Crippen LogP contribution in [-0.4, -0.2) is 36.4 Å². The van der Waals surface area contributed by atoms with Gasteiger partial charge in [0.2, 0.25) is 5.91 Å². The van der Waals surface area contributed by atoms with Gasteiger partial charge in [0.05, 0.1) is 24.1 Å². The molecule has 1 rings (SSSR count). The summed E-state index contributed by atoms with van der Waals surface area (Å²) in [6.45, 7) is 5.15. The number of anilines is 1. The minimum Gasteiger partial charge on any atom is -0.465 e. The maximum atomic E-state index is 12.0. The van der Waals surface area contributed by atoms with Gasteiger partial charge >= 0.3 is 11.9 Å². The number of amides is 1. The molecule has 6 nitrogen and oxygen atoms in total. The van der Waals surface area contributed by atoms with Crippen LogP contribution in [0, 0.1) is 6.92 Å². The minimum absolute atomic E-state index is 0.184. The number of carbonyl (C=O) groups is 3. The van der Waals surface area contributed by atoms with Crippen molar-refractivity contribution >= 4 is 50.1 Å². The third-order valence-corrected chi connectivity index (χ3v) is 4.20. The molecule has 1 N–H and O–H groups in total. The number of methoxy groups -OCH3 is 1. The lowest BCUT2D eigenvalue weighted by Crippen LogP contribution is -2.21. The van der Waals surface area contributed by atoms with Crippen LogP contribution in [0.5, 0.6) is 0 Å². The molecule has 0 saturated carbocycles. The van der Waals surface area contributed by atoms with Crippen molar-refractivity contribution < 1.29 is 23.9 Å². The second-order valence-electron chi connectivity index (χ2n) is 4.08. The summed E-state index contributed by atoms with van der Waals surface area (Å²) in [5, 5.41) is 2.89. The second kappa shape index (κ2) is 7.56. The predicted molar refractivity (Wildman–Crippen MR) is 83.4 cm³/mol. The van der Waals surface area contributed by atoms with E-state index < -0.39 is 16.8 Å². The van der Waals surface area contributed by atoms with Crippen molar-refractivity contribution in [3.63, 3.8) is 0 Å². The summed E-state index contributed by atoms with van der Waals surface area (Å²) >= 11 is 4.13. The van der Waals surface area contributed by atoms with Gasteiger partial charge in [0.1, 0.15) is 9.88 Å². The number of thiophene rings is 1. The monoisotopic (exact) mass is 377 g/mol. The summed E-state index contributed by atoms with van der Waals surface area (Å²) < 4.78 is 9.65. The van der Waals surface area contributed by atoms with Gasteiger partial charge in [-0.15, -0.1) is 11.3 Å². The second-order valence-corrected chi connectivity index (χ2v) is 6.47. The predicted octanol–water partition coefficient (Wildman–Crippen LogP) is 2.74. The molecule has 1 amide bonds. The average molecular weight is 378 g/mol. The van der Waals surface area contributed by atoms with Crippen molar-refractivity contribution in [2.75, 3.05) is 19.0 Å². The zero-order valence-corrected chi connectivity index (χ0v) is 14.5. The largest absolute Gasteiger partial charge is 0.465 e. The molecule has 0 aromatic carbocycles. The first kappa shape index (κ1) is 17.6. The van der Waals surface area contributed by atoms with Gasteiger partial charge in [-0.2, -0.15) is 0 Å². The quantitative estimate of drug-likeness (QED) is 0.630. The van der Waals surface area contributed by atoms with Crippen LogP contribution in [0.1, 0.15) is 39.4 Å². The van der Waals surface area contributed by atoms with Crippen LogP contribution in [0.2, 0.25) is 0 Å². The van der Waals surface area contributed by atoms with E-state index in [0.717, 1.165) is 11.3 Å². The van der Waals surface area contributed by atoms with Gasteiger partial charge in [0, 0.05) is 0 Å². The van der Waals surface area contributed by atoms with Gasteiger partial charge in [0.15, 0.2) is 0 Å². The summed E-state index contributed by atoms with van der Waals surface area (Å²) in [7, 11) is 1.25. The molecule has 0 spiro atoms. The highest BCUT2D eigenvalue weighted by atomic mass is 79.9. The molecule has 0 aliphatic heterocycles. The molecule has 1 aromatic rings. The lowest BCUT2D eigenvalue weighted by Gasteiger charge is -2.07. The third kappa shape index (κ3) is 4.04. The zero-order chi connectivity index (χ0) is 16.2. The number of rotatable bonds is 5. The highest BCUT2D eigenvalue weighted by Crippen LogP contribution is 2.34. The Hall–Kier alpha value is -1.41. The van der Waals surface area contributed by atoms with Crippen molar-refractivity contribution in [3.8, 4) is 0 Å². The maximum Gasteiger partial charge on any atom is 0.348 e. The number of halogens is 1. The molecule has 0 bridgehead atoms. The van der Waals surface area contributed by atoms with Crippen LogP contribution in [0.25, 0.3) is 0 Å². The molecular weight excluding hydrogens is 362 g/mol. The fraction of sp³-hybridized carbons (Fsp3) is 0.462. The summed E-state index contributed by atoms with van der Waals surface area (Å²) in [4.78, 5) is 35.4. The van der Waals surface area contributed by atoms with Crippen LogP contribution in [0.3, 0.4) is 0 Å². The summed E-state index contributed by atoms with van der Waals surface area (Å²) in [5.41, 5.74) is 0.617. The van der Waals surface area contributed by atoms with Gasteiger partial charge in [-0.25, -0.2) is 9.59 Å². The highest BCUT2D eigenvalue weighted by Gasteiger charge is 2.27. The summed E-state index contributed by atoms with van der Waals surface area (Å²) in [6, 6.07) is 0. The van der Waals surface area contributed by atoms with Gasteiger partial charge in [-0.05, 0) is 26.3 Å². The topological polar surface area (TPSA) is 81.7 Å². The molecule has 8 heteroatoms. The standard InChI is InChI=1S/C13H16BrNO5S/c1-5-20-12(17)8-6(2)9(13(18)19-4)21-11(8)15-10(16)7(3)14/h7H,5H2,1-4H3,(H,15,16). The molecule has 0 aliphatic carbocycles. The Balaban J connectivity index is 3.29. The fourth-order valence-corrected chi connectivity index (χ4v) is 2.78. The maximum absolute atomic E-state index is 12.0. The molecule has 0 saturated heterocycles. The number of hydrogen-bond acceptors (Lipinski definition) is 6. The molecular formula is C13H16BrNO5S. The van der Waals surface area contributed by atoms with Crippen molar-refractivity contribution in [2.45, 2.75) is 25.6 Å². The molecule has 1 heterocycles. The van der Waals surface area contributed by atoms with Crippen molar-refractivity contribution in [3.05, 3.63) is 16.0 Å². The van der Waals surface area contributed by atoms with Gasteiger partial charge < -0.3 is 14.8 Å². The van der Waals surface area contributed by atoms with E-state index in [0.29, 0.717) is 5.56 Å². The van der Waals surface area contributed by atoms with Crippen LogP contribution in [0.4, 0.5) is 5.00 Å². The van der Waals surface area contributed by atoms with Crippen molar-refractivity contribution in [1.29, 1.82) is 0 Å². The SMILES string of the molecule is CCOC(=O)c1c(NC(=O)C(C)Br)sc(C(=O)OC)c1C. The first-order chi connectivity index (χ1) is 9.83. The molecule has 116 valence electrons. The zero-order valence-electron chi connectivity index (χ0n) is 12.1. The highest BCUT2D eigenvalue weighted by molar-refractivity contribution is 9.10. The van der Waals surface area contributed by atoms with Crippen molar-refractivity contribution in [2.24, 2.45) is 0 Å². The lowest BCUT2D eigenvalue weighted by atomic mass is 10.1. The molecule has 0 fully saturated rings. The van der Waals surface area contributed by atoms with Gasteiger partial charge in [0.25, 0.3) is 0 Å². The number of hydrogen-bond donors (Lipinski definition) is 1. The van der Waals surface area contributed by atoms with Gasteiger partial charge in [-0.1, -0.05) is 15.9 Å². The number of nitrogens with one attached hydrogen (secondary N) is 1. The molecule has 1 unspecified atom stereocenters. The molecule has 1 aromatic heterocycles. The summed E-state index contributed by atoms with van der Waals surface area (Å²) in [6.07, 6.45) is 0. The number of esters is 2. The normalized spacial score (nSPS) is 11.7. The lowest BCUT2D eigenvalue weighted by molar-refractivity contribution is -0.115. The summed E-state index contributed by atoms with van der Waals surface area (Å²) in [5.74, 6) is -1.47. The van der Waals surface area contributed by atoms with E-state index in [2.05, 4.69) is 26.0 Å². The molecule has 0 aliphatic rings. The molecule has 1 atom stereocenters. The number of ether oxygens (including phenoxy) is 2. The van der Waals surface area contributed by atoms with E-state index >= 15 is 0 Å². The van der Waals surface area contributed by atoms with E-state index in [9.17, 15) is 14.4 Å². The molecule has 21 heavy (non-hydrogen) atoms. The number of alkyl halides is 1. The van der Waals surface area contributed by atoms with E-state index in [4.69, 9.17) is 4.74 Å². The average Bonchev–Trinajstić information content (AvgIpc) is 2.74. The Kier molecular flexibility index (Phi) is 6.35. The van der Waals surface area contributed by atoms with Crippen LogP contribution >= 0.6 is 27.3 Å². The Morgan fingerprint density at radius 2 is 1.95 bits per heavy atom. The Morgan fingerprint density at radius 3 is 2.43 bits per heavy atom. The third-order valence-electron chi connectivity index (χ3n) is 2.60. The van der Waals surface area contributed by atoms with Crippen LogP contribution in [0.15, 0.2) is 0 Å². The van der Waals surface area contributed by atoms with Crippen LogP contribution in [-0.2, 0) is 14.3 Å². The first-order valence-corrected chi connectivity index (χ1v) is 7.90. The van der Waals surface area contributed by atoms with E-state index in [1.165, 1.54) is 7.11 Å². The Labute approximate surface area is 134 Å². The van der Waals surface area contributed by atoms with Gasteiger partial charge in [-0.3, -0.25) is 4.79 Å². The van der Waals surface area contributed by atoms with E-state index in [1.807, 2.05) is 0 Å². The number of carbonyl (C=O) groups excluding carboxylic acids is 3. The van der Waals surface area contributed by atoms with E-state index in [1.54, 1.807) is 20.8 Å². The van der Waals surface area contributed by atoms with Crippen molar-refractivity contribution in [1.82, 2.24) is 0 Å². The van der Waals surface area contributed by atoms with E-state index in [-0.39, 0.29) is 28.0 Å². The Bertz CT molecular complexity index is 567. The molecule has 0 radical (unpaired) electrons. The Morgan fingerprint density at radius 1 is 1.33 bits per heavy atom. The first-order valence-electron chi connectivity index (χ1n) is 6.17. The fourth-order valence-electron chi connectivity index (χ4n) is 1.55.